The number of amides is 4. The molecule has 6 aromatic carbocycles. The number of carboxylic acid groups (broad SMARTS) is 1. The van der Waals surface area contributed by atoms with Gasteiger partial charge in [-0.2, -0.15) is 0 Å². The van der Waals surface area contributed by atoms with Crippen LogP contribution >= 0.6 is 0 Å². The second kappa shape index (κ2) is 36.9. The predicted octanol–water partition coefficient (Wildman–Crippen LogP) is 10.9. The van der Waals surface area contributed by atoms with E-state index in [0.717, 1.165) is 69.4 Å². The number of hydrogen-bond acceptors (Lipinski definition) is 21. The van der Waals surface area contributed by atoms with Crippen LogP contribution in [0.3, 0.4) is 0 Å². The molecule has 4 amide bonds. The van der Waals surface area contributed by atoms with Crippen LogP contribution in [-0.2, 0) is 29.1 Å². The Balaban J connectivity index is 0.000000166. The van der Waals surface area contributed by atoms with Crippen LogP contribution in [0.4, 0.5) is 49.7 Å². The van der Waals surface area contributed by atoms with Crippen molar-refractivity contribution in [2.24, 2.45) is 5.73 Å². The number of anilines is 7. The van der Waals surface area contributed by atoms with Crippen LogP contribution in [0.5, 0.6) is 11.6 Å². The number of carbonyl (C=O) groups is 5. The molecule has 3 aliphatic heterocycles. The van der Waals surface area contributed by atoms with Crippen molar-refractivity contribution in [1.29, 1.82) is 0 Å². The number of carboxylic acids is 1. The molecule has 0 unspecified atom stereocenters. The molecule has 8 N–H and O–H groups in total. The zero-order chi connectivity index (χ0) is 72.3. The normalized spacial score (nSPS) is 13.6. The molecule has 3 aliphatic rings. The molecular weight excluding hydrogens is 1290 g/mol. The van der Waals surface area contributed by atoms with Crippen molar-refractivity contribution in [3.8, 4) is 11.6 Å². The molecule has 26 heteroatoms. The van der Waals surface area contributed by atoms with E-state index in [1.807, 2.05) is 116 Å². The Morgan fingerprint density at radius 3 is 1.29 bits per heavy atom. The number of hydrogen-bond donors (Lipinski definition) is 7. The van der Waals surface area contributed by atoms with E-state index in [-0.39, 0.29) is 36.3 Å². The first kappa shape index (κ1) is 74.5. The summed E-state index contributed by atoms with van der Waals surface area (Å²) >= 11 is 0. The molecule has 12 rings (SSSR count). The highest BCUT2D eigenvalue weighted by molar-refractivity contribution is 5.96. The van der Waals surface area contributed by atoms with Crippen molar-refractivity contribution in [2.45, 2.75) is 72.4 Å². The second-order valence-electron chi connectivity index (χ2n) is 25.7. The van der Waals surface area contributed by atoms with Crippen molar-refractivity contribution in [2.75, 3.05) is 104 Å². The standard InChI is InChI=1S/C27H32N6O3.C22H24N6O.C17H19N3O5.C10H14N2/c1-27(2,3)36-26(35)28-18-22-17-24(30-19-29-22)31-21-9-7-8-20(16-21)25(34)33-14-12-32(13-15-33)23-10-5-4-6-11-23;23-15-19-14-21(25-16-24-19)26-18-6-4-5-17(13-18)22(29)28-11-9-27(10-12-28)20-7-2-1-3-8-20;1-17(2,3)25-16(23)18-9-12-8-14(20-10-19-12)24-13-6-4-5-11(7-13)15(21)22;1-2-4-10(5-3-1)12-8-6-11-7-9-12/h4-11,16-17,19H,12-15,18H2,1-3H3,(H,28,35)(H,29,30,31);1-8,13-14,16H,9-12,15,23H2,(H,24,25,26);4-8,10H,9H2,1-3H3,(H,18,23)(H,21,22);1-5,11H,6-9H2. The predicted molar refractivity (Wildman–Crippen MR) is 394 cm³/mol. The van der Waals surface area contributed by atoms with Gasteiger partial charge in [-0.25, -0.2) is 44.3 Å². The van der Waals surface area contributed by atoms with Crippen molar-refractivity contribution in [3.05, 3.63) is 235 Å². The fourth-order valence-electron chi connectivity index (χ4n) is 10.7. The smallest absolute Gasteiger partial charge is 0.407 e. The lowest BCUT2D eigenvalue weighted by molar-refractivity contribution is 0.0511. The first-order valence-corrected chi connectivity index (χ1v) is 33.7. The van der Waals surface area contributed by atoms with Crippen LogP contribution in [0.25, 0.3) is 0 Å². The summed E-state index contributed by atoms with van der Waals surface area (Å²) in [5.74, 6) is 0.801. The number of nitrogens with two attached hydrogens (primary N) is 1. The topological polar surface area (TPSA) is 313 Å². The van der Waals surface area contributed by atoms with Crippen LogP contribution in [0, 0.1) is 0 Å². The highest BCUT2D eigenvalue weighted by Crippen LogP contribution is 2.25. The molecule has 102 heavy (non-hydrogen) atoms. The maximum atomic E-state index is 13.2. The summed E-state index contributed by atoms with van der Waals surface area (Å²) < 4.78 is 15.9. The third-order valence-corrected chi connectivity index (χ3v) is 15.7. The number of para-hydroxylation sites is 3. The van der Waals surface area contributed by atoms with Crippen molar-refractivity contribution < 1.29 is 43.3 Å². The van der Waals surface area contributed by atoms with Gasteiger partial charge in [0.05, 0.1) is 35.7 Å². The molecule has 26 nitrogen and oxygen atoms in total. The first-order valence-electron chi connectivity index (χ1n) is 33.7. The Labute approximate surface area is 594 Å². The molecule has 9 aromatic rings. The van der Waals surface area contributed by atoms with Gasteiger partial charge in [0, 0.05) is 143 Å². The second-order valence-corrected chi connectivity index (χ2v) is 25.7. The Bertz CT molecular complexity index is 4160. The molecule has 3 aromatic heterocycles. The molecular formula is C76H89N17O9. The summed E-state index contributed by atoms with van der Waals surface area (Å²) in [5.41, 5.74) is 13.1. The molecule has 532 valence electrons. The highest BCUT2D eigenvalue weighted by atomic mass is 16.6. The Kier molecular flexibility index (Phi) is 26.9. The summed E-state index contributed by atoms with van der Waals surface area (Å²) in [6, 6.07) is 57.2. The fraction of sp³-hybridized carbons (Fsp3) is 0.303. The number of nitrogens with zero attached hydrogens (tertiary/aromatic N) is 11. The molecule has 0 atom stereocenters. The van der Waals surface area contributed by atoms with E-state index >= 15 is 0 Å². The number of carbonyl (C=O) groups excluding carboxylic acids is 4. The van der Waals surface area contributed by atoms with Crippen LogP contribution in [0.2, 0.25) is 0 Å². The molecule has 0 bridgehead atoms. The number of benzene rings is 6. The van der Waals surface area contributed by atoms with Gasteiger partial charge < -0.3 is 76.1 Å². The SMILES string of the molecule is CC(C)(C)OC(=O)NCc1cc(Nc2cccc(C(=O)N3CCN(c4ccccc4)CC3)c2)ncn1.CC(C)(C)OC(=O)NCc1cc(Oc2cccc(C(=O)O)c2)ncn1.NCc1cc(Nc2cccc(C(=O)N3CCN(c4ccccc4)CC3)c2)ncn1.c1ccc(N2CCNCC2)cc1. The lowest BCUT2D eigenvalue weighted by Crippen LogP contribution is -2.48. The lowest BCUT2D eigenvalue weighted by Gasteiger charge is -2.36. The highest BCUT2D eigenvalue weighted by Gasteiger charge is 2.25. The minimum atomic E-state index is -1.05. The van der Waals surface area contributed by atoms with Crippen LogP contribution in [-0.4, -0.2) is 165 Å². The van der Waals surface area contributed by atoms with Crippen molar-refractivity contribution in [3.63, 3.8) is 0 Å². The molecule has 3 saturated heterocycles. The van der Waals surface area contributed by atoms with Gasteiger partial charge in [-0.15, -0.1) is 0 Å². The quantitative estimate of drug-likeness (QED) is 0.0445. The van der Waals surface area contributed by atoms with Crippen molar-refractivity contribution in [1.82, 2.24) is 55.7 Å². The maximum absolute atomic E-state index is 13.2. The van der Waals surface area contributed by atoms with Crippen LogP contribution in [0.15, 0.2) is 201 Å². The molecule has 6 heterocycles. The molecule has 0 saturated carbocycles. The van der Waals surface area contributed by atoms with Gasteiger partial charge >= 0.3 is 18.2 Å². The van der Waals surface area contributed by atoms with Crippen LogP contribution in [0.1, 0.15) is 89.7 Å². The lowest BCUT2D eigenvalue weighted by atomic mass is 10.1. The fourth-order valence-corrected chi connectivity index (χ4v) is 10.7. The third kappa shape index (κ3) is 24.3. The molecule has 3 fully saturated rings. The van der Waals surface area contributed by atoms with E-state index in [0.29, 0.717) is 72.6 Å². The molecule has 0 radical (unpaired) electrons. The summed E-state index contributed by atoms with van der Waals surface area (Å²) in [7, 11) is 0. The number of alkyl carbamates (subject to hydrolysis) is 2. The number of aromatic carboxylic acids is 1. The number of piperazine rings is 3. The van der Waals surface area contributed by atoms with E-state index in [2.05, 4.69) is 126 Å². The van der Waals surface area contributed by atoms with Crippen LogP contribution < -0.4 is 51.8 Å². The monoisotopic (exact) mass is 1380 g/mol. The number of aromatic nitrogens is 6. The minimum Gasteiger partial charge on any atom is -0.478 e. The Hall–Kier alpha value is -11.8. The molecule has 0 spiro atoms. The third-order valence-electron chi connectivity index (χ3n) is 15.7. The van der Waals surface area contributed by atoms with Gasteiger partial charge in [-0.3, -0.25) is 9.59 Å². The average Bonchev–Trinajstić information content (AvgIpc) is 0.833. The number of ether oxygens (including phenoxy) is 3. The van der Waals surface area contributed by atoms with Gasteiger partial charge in [0.15, 0.2) is 0 Å². The molecule has 0 aliphatic carbocycles. The summed E-state index contributed by atoms with van der Waals surface area (Å²) in [6.45, 7) is 21.9. The van der Waals surface area contributed by atoms with E-state index in [1.54, 1.807) is 51.1 Å². The van der Waals surface area contributed by atoms with Gasteiger partial charge in [-0.1, -0.05) is 72.8 Å². The van der Waals surface area contributed by atoms with Gasteiger partial charge in [0.25, 0.3) is 11.8 Å². The summed E-state index contributed by atoms with van der Waals surface area (Å²) in [6.07, 6.45) is 3.14. The minimum absolute atomic E-state index is 0.0105. The van der Waals surface area contributed by atoms with Crippen molar-refractivity contribution >= 4 is 70.0 Å². The van der Waals surface area contributed by atoms with E-state index in [1.165, 1.54) is 48.2 Å². The van der Waals surface area contributed by atoms with E-state index in [4.69, 9.17) is 25.1 Å². The van der Waals surface area contributed by atoms with Gasteiger partial charge in [0.1, 0.15) is 47.6 Å². The van der Waals surface area contributed by atoms with Gasteiger partial charge in [0.2, 0.25) is 5.88 Å². The Morgan fingerprint density at radius 2 is 0.853 bits per heavy atom. The summed E-state index contributed by atoms with van der Waals surface area (Å²) in [4.78, 5) is 96.2. The van der Waals surface area contributed by atoms with Gasteiger partial charge in [-0.05, 0) is 133 Å². The maximum Gasteiger partial charge on any atom is 0.407 e. The zero-order valence-corrected chi connectivity index (χ0v) is 58.4. The first-order chi connectivity index (χ1) is 49.2. The Morgan fingerprint density at radius 1 is 0.451 bits per heavy atom. The van der Waals surface area contributed by atoms with E-state index in [9.17, 15) is 24.0 Å². The van der Waals surface area contributed by atoms with E-state index < -0.39 is 29.4 Å². The number of nitrogens with one attached hydrogen (secondary N) is 5. The average molecular weight is 1380 g/mol. The number of rotatable bonds is 17. The largest absolute Gasteiger partial charge is 0.478 e. The summed E-state index contributed by atoms with van der Waals surface area (Å²) in [5, 5.41) is 24.0. The zero-order valence-electron chi connectivity index (χ0n) is 58.4.